The summed E-state index contributed by atoms with van der Waals surface area (Å²) in [6, 6.07) is 8.40. The van der Waals surface area contributed by atoms with Crippen LogP contribution in [0.5, 0.6) is 0 Å². The second-order valence-corrected chi connectivity index (χ2v) is 5.16. The summed E-state index contributed by atoms with van der Waals surface area (Å²) in [7, 11) is 0. The summed E-state index contributed by atoms with van der Waals surface area (Å²) in [6.07, 6.45) is 4.73. The summed E-state index contributed by atoms with van der Waals surface area (Å²) >= 11 is 2.26. The number of halogens is 1. The van der Waals surface area contributed by atoms with Gasteiger partial charge in [-0.1, -0.05) is 18.2 Å². The standard InChI is InChI=1S/C12H14IN3/c1-9(14)6-10-4-2-3-5-12(10)16-8-11(13)7-15-16/h2-5,7-9H,6,14H2,1H3. The van der Waals surface area contributed by atoms with E-state index in [1.165, 1.54) is 5.56 Å². The smallest absolute Gasteiger partial charge is 0.0678 e. The van der Waals surface area contributed by atoms with Crippen molar-refractivity contribution in [1.29, 1.82) is 0 Å². The monoisotopic (exact) mass is 327 g/mol. The van der Waals surface area contributed by atoms with Gasteiger partial charge in [0.25, 0.3) is 0 Å². The minimum atomic E-state index is 0.163. The van der Waals surface area contributed by atoms with Crippen LogP contribution in [0.25, 0.3) is 5.69 Å². The van der Waals surface area contributed by atoms with Gasteiger partial charge in [0.2, 0.25) is 0 Å². The zero-order valence-electron chi connectivity index (χ0n) is 9.10. The lowest BCUT2D eigenvalue weighted by molar-refractivity contribution is 0.727. The van der Waals surface area contributed by atoms with Gasteiger partial charge in [0.1, 0.15) is 0 Å². The molecule has 0 aliphatic rings. The van der Waals surface area contributed by atoms with Crippen molar-refractivity contribution in [1.82, 2.24) is 9.78 Å². The molecule has 3 nitrogen and oxygen atoms in total. The highest BCUT2D eigenvalue weighted by atomic mass is 127. The molecule has 0 saturated carbocycles. The predicted octanol–water partition coefficient (Wildman–Crippen LogP) is 2.37. The van der Waals surface area contributed by atoms with Gasteiger partial charge in [-0.3, -0.25) is 0 Å². The van der Waals surface area contributed by atoms with Crippen molar-refractivity contribution in [2.75, 3.05) is 0 Å². The second-order valence-electron chi connectivity index (χ2n) is 3.91. The fraction of sp³-hybridized carbons (Fsp3) is 0.250. The number of nitrogens with zero attached hydrogens (tertiary/aromatic N) is 2. The van der Waals surface area contributed by atoms with Crippen LogP contribution in [0.2, 0.25) is 0 Å². The molecule has 0 bridgehead atoms. The van der Waals surface area contributed by atoms with Crippen LogP contribution in [0.1, 0.15) is 12.5 Å². The van der Waals surface area contributed by atoms with Crippen LogP contribution in [-0.4, -0.2) is 15.8 Å². The van der Waals surface area contributed by atoms with Gasteiger partial charge in [0.15, 0.2) is 0 Å². The second kappa shape index (κ2) is 4.97. The Bertz CT molecular complexity index is 477. The van der Waals surface area contributed by atoms with E-state index in [2.05, 4.69) is 39.8 Å². The molecule has 0 fully saturated rings. The molecule has 84 valence electrons. The summed E-state index contributed by atoms with van der Waals surface area (Å²) < 4.78 is 3.03. The van der Waals surface area contributed by atoms with E-state index in [1.807, 2.05) is 36.1 Å². The minimum Gasteiger partial charge on any atom is -0.328 e. The van der Waals surface area contributed by atoms with Crippen LogP contribution in [0.3, 0.4) is 0 Å². The van der Waals surface area contributed by atoms with Crippen LogP contribution in [0, 0.1) is 3.57 Å². The molecule has 1 unspecified atom stereocenters. The van der Waals surface area contributed by atoms with E-state index >= 15 is 0 Å². The minimum absolute atomic E-state index is 0.163. The third-order valence-corrected chi connectivity index (χ3v) is 2.89. The van der Waals surface area contributed by atoms with Gasteiger partial charge in [-0.05, 0) is 47.6 Å². The quantitative estimate of drug-likeness (QED) is 0.880. The van der Waals surface area contributed by atoms with E-state index in [0.29, 0.717) is 0 Å². The fourth-order valence-corrected chi connectivity index (χ4v) is 2.07. The molecule has 0 radical (unpaired) electrons. The first-order chi connectivity index (χ1) is 7.66. The Morgan fingerprint density at radius 2 is 2.19 bits per heavy atom. The van der Waals surface area contributed by atoms with E-state index in [1.54, 1.807) is 0 Å². The summed E-state index contributed by atoms with van der Waals surface area (Å²) in [5, 5.41) is 4.32. The van der Waals surface area contributed by atoms with Crippen molar-refractivity contribution in [2.24, 2.45) is 5.73 Å². The molecule has 0 aliphatic heterocycles. The molecule has 1 atom stereocenters. The first-order valence-corrected chi connectivity index (χ1v) is 6.28. The van der Waals surface area contributed by atoms with E-state index in [9.17, 15) is 0 Å². The van der Waals surface area contributed by atoms with Crippen molar-refractivity contribution >= 4 is 22.6 Å². The molecule has 0 aliphatic carbocycles. The van der Waals surface area contributed by atoms with Gasteiger partial charge in [-0.15, -0.1) is 0 Å². The maximum absolute atomic E-state index is 5.85. The van der Waals surface area contributed by atoms with Crippen LogP contribution < -0.4 is 5.73 Å². The van der Waals surface area contributed by atoms with E-state index < -0.39 is 0 Å². The Morgan fingerprint density at radius 1 is 1.44 bits per heavy atom. The number of rotatable bonds is 3. The Morgan fingerprint density at radius 3 is 2.81 bits per heavy atom. The Balaban J connectivity index is 2.40. The number of nitrogens with two attached hydrogens (primary N) is 1. The first kappa shape index (κ1) is 11.6. The Kier molecular flexibility index (Phi) is 3.60. The molecule has 1 aromatic heterocycles. The van der Waals surface area contributed by atoms with Gasteiger partial charge >= 0.3 is 0 Å². The molecule has 2 aromatic rings. The van der Waals surface area contributed by atoms with Gasteiger partial charge in [-0.2, -0.15) is 5.10 Å². The lowest BCUT2D eigenvalue weighted by Gasteiger charge is -2.11. The molecule has 1 heterocycles. The van der Waals surface area contributed by atoms with Crippen LogP contribution in [0.4, 0.5) is 0 Å². The zero-order valence-corrected chi connectivity index (χ0v) is 11.3. The summed E-state index contributed by atoms with van der Waals surface area (Å²) in [5.41, 5.74) is 8.19. The average molecular weight is 327 g/mol. The third-order valence-electron chi connectivity index (χ3n) is 2.33. The number of para-hydroxylation sites is 1. The topological polar surface area (TPSA) is 43.8 Å². The highest BCUT2D eigenvalue weighted by Crippen LogP contribution is 2.16. The SMILES string of the molecule is CC(N)Cc1ccccc1-n1cc(I)cn1. The largest absolute Gasteiger partial charge is 0.328 e. The van der Waals surface area contributed by atoms with E-state index in [-0.39, 0.29) is 6.04 Å². The highest BCUT2D eigenvalue weighted by Gasteiger charge is 2.06. The lowest BCUT2D eigenvalue weighted by atomic mass is 10.1. The maximum atomic E-state index is 5.85. The van der Waals surface area contributed by atoms with E-state index in [0.717, 1.165) is 15.7 Å². The van der Waals surface area contributed by atoms with Crippen molar-refractivity contribution < 1.29 is 0 Å². The average Bonchev–Trinajstić information content (AvgIpc) is 2.65. The summed E-state index contributed by atoms with van der Waals surface area (Å²) in [6.45, 7) is 2.02. The van der Waals surface area contributed by atoms with Crippen LogP contribution in [-0.2, 0) is 6.42 Å². The summed E-state index contributed by atoms with van der Waals surface area (Å²) in [5.74, 6) is 0. The highest BCUT2D eigenvalue weighted by molar-refractivity contribution is 14.1. The first-order valence-electron chi connectivity index (χ1n) is 5.21. The number of aromatic nitrogens is 2. The van der Waals surface area contributed by atoms with Gasteiger partial charge < -0.3 is 5.73 Å². The van der Waals surface area contributed by atoms with Gasteiger partial charge in [-0.25, -0.2) is 4.68 Å². The third kappa shape index (κ3) is 2.62. The van der Waals surface area contributed by atoms with Crippen LogP contribution >= 0.6 is 22.6 Å². The molecular weight excluding hydrogens is 313 g/mol. The predicted molar refractivity (Wildman–Crippen MR) is 73.6 cm³/mol. The van der Waals surface area contributed by atoms with Gasteiger partial charge in [0, 0.05) is 12.2 Å². The van der Waals surface area contributed by atoms with Gasteiger partial charge in [0.05, 0.1) is 15.5 Å². The lowest BCUT2D eigenvalue weighted by Crippen LogP contribution is -2.19. The summed E-state index contributed by atoms with van der Waals surface area (Å²) in [4.78, 5) is 0. The molecule has 2 N–H and O–H groups in total. The molecule has 0 amide bonds. The van der Waals surface area contributed by atoms with Crippen molar-refractivity contribution in [3.8, 4) is 5.69 Å². The van der Waals surface area contributed by atoms with Crippen LogP contribution in [0.15, 0.2) is 36.7 Å². The van der Waals surface area contributed by atoms with Crippen molar-refractivity contribution in [3.05, 3.63) is 45.8 Å². The molecule has 2 rings (SSSR count). The van der Waals surface area contributed by atoms with E-state index in [4.69, 9.17) is 5.73 Å². The molecule has 0 saturated heterocycles. The molecular formula is C12H14IN3. The zero-order chi connectivity index (χ0) is 11.5. The van der Waals surface area contributed by atoms with Crippen molar-refractivity contribution in [3.63, 3.8) is 0 Å². The number of hydrogen-bond donors (Lipinski definition) is 1. The molecule has 16 heavy (non-hydrogen) atoms. The fourth-order valence-electron chi connectivity index (χ4n) is 1.69. The number of hydrogen-bond acceptors (Lipinski definition) is 2. The maximum Gasteiger partial charge on any atom is 0.0678 e. The Labute approximate surface area is 109 Å². The Hall–Kier alpha value is -0.880. The molecule has 0 spiro atoms. The van der Waals surface area contributed by atoms with Crippen molar-refractivity contribution in [2.45, 2.75) is 19.4 Å². The normalized spacial score (nSPS) is 12.7. The number of benzene rings is 1. The molecule has 4 heteroatoms. The molecule has 1 aromatic carbocycles.